The van der Waals surface area contributed by atoms with Crippen molar-refractivity contribution in [1.29, 1.82) is 0 Å². The van der Waals surface area contributed by atoms with Crippen molar-refractivity contribution in [3.8, 4) is 0 Å². The first-order valence-electron chi connectivity index (χ1n) is 7.38. The Kier molecular flexibility index (Phi) is 5.18. The van der Waals surface area contributed by atoms with Crippen molar-refractivity contribution in [2.75, 3.05) is 7.05 Å². The summed E-state index contributed by atoms with van der Waals surface area (Å²) in [5, 5.41) is 0. The van der Waals surface area contributed by atoms with E-state index < -0.39 is 0 Å². The van der Waals surface area contributed by atoms with Crippen LogP contribution in [0, 0.1) is 6.92 Å². The van der Waals surface area contributed by atoms with E-state index in [0.717, 1.165) is 12.6 Å². The van der Waals surface area contributed by atoms with Crippen LogP contribution in [0.15, 0.2) is 18.3 Å². The Labute approximate surface area is 111 Å². The predicted molar refractivity (Wildman–Crippen MR) is 76.5 cm³/mol. The van der Waals surface area contributed by atoms with Crippen LogP contribution in [0.4, 0.5) is 0 Å². The van der Waals surface area contributed by atoms with Crippen LogP contribution in [0.1, 0.15) is 56.2 Å². The molecule has 1 aromatic rings. The van der Waals surface area contributed by atoms with Gasteiger partial charge in [0.1, 0.15) is 0 Å². The fraction of sp³-hybridized carbons (Fsp3) is 0.688. The van der Waals surface area contributed by atoms with Crippen LogP contribution in [0.5, 0.6) is 0 Å². The molecule has 0 spiro atoms. The third-order valence-corrected chi connectivity index (χ3v) is 4.22. The molecule has 0 bridgehead atoms. The average molecular weight is 246 g/mol. The number of pyridine rings is 1. The van der Waals surface area contributed by atoms with Gasteiger partial charge in [-0.2, -0.15) is 0 Å². The first-order chi connectivity index (χ1) is 8.77. The van der Waals surface area contributed by atoms with E-state index >= 15 is 0 Å². The lowest BCUT2D eigenvalue weighted by Crippen LogP contribution is -2.32. The Bertz CT molecular complexity index is 354. The van der Waals surface area contributed by atoms with E-state index in [4.69, 9.17) is 0 Å². The fourth-order valence-corrected chi connectivity index (χ4v) is 2.92. The second-order valence-electron chi connectivity index (χ2n) is 5.68. The maximum atomic E-state index is 4.51. The lowest BCUT2D eigenvalue weighted by molar-refractivity contribution is 0.193. The van der Waals surface area contributed by atoms with Gasteiger partial charge < -0.3 is 0 Å². The first kappa shape index (κ1) is 13.5. The molecule has 2 rings (SSSR count). The number of rotatable bonds is 3. The van der Waals surface area contributed by atoms with Crippen molar-refractivity contribution >= 4 is 0 Å². The Hall–Kier alpha value is -0.890. The molecule has 2 nitrogen and oxygen atoms in total. The molecule has 100 valence electrons. The van der Waals surface area contributed by atoms with E-state index in [0.29, 0.717) is 0 Å². The lowest BCUT2D eigenvalue weighted by atomic mass is 9.95. The van der Waals surface area contributed by atoms with Gasteiger partial charge >= 0.3 is 0 Å². The molecule has 0 aromatic carbocycles. The Morgan fingerprint density at radius 2 is 1.83 bits per heavy atom. The van der Waals surface area contributed by atoms with Gasteiger partial charge in [0.15, 0.2) is 0 Å². The molecule has 1 aliphatic carbocycles. The molecule has 0 unspecified atom stereocenters. The fourth-order valence-electron chi connectivity index (χ4n) is 2.92. The summed E-state index contributed by atoms with van der Waals surface area (Å²) in [5.41, 5.74) is 2.55. The van der Waals surface area contributed by atoms with E-state index in [1.54, 1.807) is 0 Å². The van der Waals surface area contributed by atoms with Gasteiger partial charge in [-0.1, -0.05) is 38.2 Å². The monoisotopic (exact) mass is 246 g/mol. The summed E-state index contributed by atoms with van der Waals surface area (Å²) in [6.45, 7) is 3.16. The number of hydrogen-bond acceptors (Lipinski definition) is 2. The number of hydrogen-bond donors (Lipinski definition) is 0. The molecule has 1 saturated carbocycles. The highest BCUT2D eigenvalue weighted by Gasteiger charge is 2.17. The SMILES string of the molecule is Cc1cccnc1CN(C)C1CCCCCCC1. The molecule has 0 atom stereocenters. The zero-order valence-electron chi connectivity index (χ0n) is 11.9. The molecule has 1 aliphatic rings. The third kappa shape index (κ3) is 3.81. The summed E-state index contributed by atoms with van der Waals surface area (Å²) in [7, 11) is 2.26. The van der Waals surface area contributed by atoms with E-state index in [1.165, 1.54) is 56.2 Å². The van der Waals surface area contributed by atoms with Gasteiger partial charge in [-0.05, 0) is 38.4 Å². The van der Waals surface area contributed by atoms with Crippen molar-refractivity contribution in [1.82, 2.24) is 9.88 Å². The van der Waals surface area contributed by atoms with Crippen molar-refractivity contribution in [3.63, 3.8) is 0 Å². The van der Waals surface area contributed by atoms with Crippen LogP contribution in [0.2, 0.25) is 0 Å². The zero-order valence-corrected chi connectivity index (χ0v) is 11.9. The minimum absolute atomic E-state index is 0.756. The van der Waals surface area contributed by atoms with E-state index in [-0.39, 0.29) is 0 Å². The van der Waals surface area contributed by atoms with Gasteiger partial charge in [-0.3, -0.25) is 9.88 Å². The van der Waals surface area contributed by atoms with E-state index in [9.17, 15) is 0 Å². The van der Waals surface area contributed by atoms with Crippen LogP contribution in [-0.4, -0.2) is 23.0 Å². The number of nitrogens with zero attached hydrogens (tertiary/aromatic N) is 2. The summed E-state index contributed by atoms with van der Waals surface area (Å²) in [6.07, 6.45) is 11.7. The molecular formula is C16H26N2. The Balaban J connectivity index is 1.93. The minimum atomic E-state index is 0.756. The molecule has 0 aliphatic heterocycles. The molecule has 0 saturated heterocycles. The number of aryl methyl sites for hydroxylation is 1. The third-order valence-electron chi connectivity index (χ3n) is 4.22. The second kappa shape index (κ2) is 6.89. The molecule has 0 N–H and O–H groups in total. The lowest BCUT2D eigenvalue weighted by Gasteiger charge is -2.29. The maximum Gasteiger partial charge on any atom is 0.0573 e. The van der Waals surface area contributed by atoms with Gasteiger partial charge in [0, 0.05) is 18.8 Å². The summed E-state index contributed by atoms with van der Waals surface area (Å²) in [6, 6.07) is 4.94. The highest BCUT2D eigenvalue weighted by atomic mass is 15.1. The molecule has 18 heavy (non-hydrogen) atoms. The topological polar surface area (TPSA) is 16.1 Å². The van der Waals surface area contributed by atoms with Gasteiger partial charge in [0.05, 0.1) is 5.69 Å². The summed E-state index contributed by atoms with van der Waals surface area (Å²) >= 11 is 0. The van der Waals surface area contributed by atoms with Crippen molar-refractivity contribution in [2.24, 2.45) is 0 Å². The molecular weight excluding hydrogens is 220 g/mol. The van der Waals surface area contributed by atoms with Crippen LogP contribution >= 0.6 is 0 Å². The largest absolute Gasteiger partial charge is 0.298 e. The highest BCUT2D eigenvalue weighted by Crippen LogP contribution is 2.21. The van der Waals surface area contributed by atoms with Gasteiger partial charge in [0.2, 0.25) is 0 Å². The molecule has 1 aromatic heterocycles. The quantitative estimate of drug-likeness (QED) is 0.803. The summed E-state index contributed by atoms with van der Waals surface area (Å²) in [5.74, 6) is 0. The van der Waals surface area contributed by atoms with Crippen molar-refractivity contribution in [3.05, 3.63) is 29.6 Å². The zero-order chi connectivity index (χ0) is 12.8. The van der Waals surface area contributed by atoms with E-state index in [1.807, 2.05) is 12.3 Å². The van der Waals surface area contributed by atoms with Gasteiger partial charge in [-0.25, -0.2) is 0 Å². The minimum Gasteiger partial charge on any atom is -0.298 e. The standard InChI is InChI=1S/C16H26N2/c1-14-9-8-12-17-16(14)13-18(2)15-10-6-4-3-5-7-11-15/h8-9,12,15H,3-7,10-11,13H2,1-2H3. The molecule has 1 heterocycles. The van der Waals surface area contributed by atoms with Crippen molar-refractivity contribution < 1.29 is 0 Å². The molecule has 2 heteroatoms. The molecule has 0 amide bonds. The first-order valence-corrected chi connectivity index (χ1v) is 7.38. The van der Waals surface area contributed by atoms with Crippen LogP contribution < -0.4 is 0 Å². The van der Waals surface area contributed by atoms with Crippen LogP contribution in [0.25, 0.3) is 0 Å². The summed E-state index contributed by atoms with van der Waals surface area (Å²) < 4.78 is 0. The van der Waals surface area contributed by atoms with Crippen LogP contribution in [0.3, 0.4) is 0 Å². The van der Waals surface area contributed by atoms with Crippen LogP contribution in [-0.2, 0) is 6.54 Å². The normalized spacial score (nSPS) is 18.6. The smallest absolute Gasteiger partial charge is 0.0573 e. The Morgan fingerprint density at radius 1 is 1.17 bits per heavy atom. The van der Waals surface area contributed by atoms with Crippen molar-refractivity contribution in [2.45, 2.75) is 64.5 Å². The average Bonchev–Trinajstić information content (AvgIpc) is 2.31. The predicted octanol–water partition coefficient (Wildman–Crippen LogP) is 3.93. The summed E-state index contributed by atoms with van der Waals surface area (Å²) in [4.78, 5) is 7.03. The molecule has 1 fully saturated rings. The number of aromatic nitrogens is 1. The highest BCUT2D eigenvalue weighted by molar-refractivity contribution is 5.17. The van der Waals surface area contributed by atoms with E-state index in [2.05, 4.69) is 29.9 Å². The van der Waals surface area contributed by atoms with Gasteiger partial charge in [0.25, 0.3) is 0 Å². The van der Waals surface area contributed by atoms with Gasteiger partial charge in [-0.15, -0.1) is 0 Å². The maximum absolute atomic E-state index is 4.51. The molecule has 0 radical (unpaired) electrons. The Morgan fingerprint density at radius 3 is 2.50 bits per heavy atom. The second-order valence-corrected chi connectivity index (χ2v) is 5.68.